The topological polar surface area (TPSA) is 30.5 Å². The first-order chi connectivity index (χ1) is 9.11. The third-order valence-electron chi connectivity index (χ3n) is 3.02. The summed E-state index contributed by atoms with van der Waals surface area (Å²) in [6.07, 6.45) is 1.44. The lowest BCUT2D eigenvalue weighted by Crippen LogP contribution is -2.28. The molecule has 1 aromatic rings. The highest BCUT2D eigenvalue weighted by atomic mass is 16.5. The van der Waals surface area contributed by atoms with E-state index in [1.54, 1.807) is 7.11 Å². The average Bonchev–Trinajstić information content (AvgIpc) is 2.41. The summed E-state index contributed by atoms with van der Waals surface area (Å²) in [6.45, 7) is 9.20. The van der Waals surface area contributed by atoms with Crippen LogP contribution < -0.4 is 10.1 Å². The maximum Gasteiger partial charge on any atom is 0.118 e. The maximum absolute atomic E-state index is 5.81. The van der Waals surface area contributed by atoms with Gasteiger partial charge in [-0.05, 0) is 43.5 Å². The third kappa shape index (κ3) is 7.19. The largest absolute Gasteiger partial charge is 0.497 e. The summed E-state index contributed by atoms with van der Waals surface area (Å²) in [4.78, 5) is 0. The molecule has 0 saturated heterocycles. The number of nitrogens with one attached hydrogen (secondary N) is 1. The van der Waals surface area contributed by atoms with Crippen molar-refractivity contribution >= 4 is 0 Å². The molecular formula is C16H27NO2. The van der Waals surface area contributed by atoms with Crippen LogP contribution in [0.3, 0.4) is 0 Å². The van der Waals surface area contributed by atoms with Gasteiger partial charge in [-0.1, -0.05) is 26.0 Å². The van der Waals surface area contributed by atoms with Crippen LogP contribution in [0.4, 0.5) is 0 Å². The lowest BCUT2D eigenvalue weighted by Gasteiger charge is -2.15. The van der Waals surface area contributed by atoms with E-state index in [0.29, 0.717) is 6.61 Å². The molecule has 1 aromatic carbocycles. The SMILES string of the molecule is COc1ccc(COC(C)CNCCC(C)C)cc1. The first-order valence-electron chi connectivity index (χ1n) is 7.07. The zero-order valence-electron chi connectivity index (χ0n) is 12.6. The van der Waals surface area contributed by atoms with Gasteiger partial charge in [0.2, 0.25) is 0 Å². The lowest BCUT2D eigenvalue weighted by molar-refractivity contribution is 0.0531. The summed E-state index contributed by atoms with van der Waals surface area (Å²) in [5.74, 6) is 1.63. The normalized spacial score (nSPS) is 12.7. The molecular weight excluding hydrogens is 238 g/mol. The molecule has 19 heavy (non-hydrogen) atoms. The fraction of sp³-hybridized carbons (Fsp3) is 0.625. The van der Waals surface area contributed by atoms with Gasteiger partial charge in [0.05, 0.1) is 19.8 Å². The Kier molecular flexibility index (Phi) is 7.53. The van der Waals surface area contributed by atoms with E-state index in [1.165, 1.54) is 12.0 Å². The van der Waals surface area contributed by atoms with Crippen LogP contribution in [0.1, 0.15) is 32.8 Å². The smallest absolute Gasteiger partial charge is 0.118 e. The molecule has 0 bridgehead atoms. The third-order valence-corrected chi connectivity index (χ3v) is 3.02. The molecule has 1 N–H and O–H groups in total. The molecule has 3 nitrogen and oxygen atoms in total. The summed E-state index contributed by atoms with van der Waals surface area (Å²) >= 11 is 0. The van der Waals surface area contributed by atoms with Crippen molar-refractivity contribution in [1.82, 2.24) is 5.32 Å². The molecule has 0 aliphatic rings. The van der Waals surface area contributed by atoms with Crippen LogP contribution in [0.5, 0.6) is 5.75 Å². The van der Waals surface area contributed by atoms with Crippen LogP contribution in [0.25, 0.3) is 0 Å². The summed E-state index contributed by atoms with van der Waals surface area (Å²) in [5, 5.41) is 3.43. The second kappa shape index (κ2) is 8.94. The van der Waals surface area contributed by atoms with E-state index in [2.05, 4.69) is 26.1 Å². The van der Waals surface area contributed by atoms with Crippen LogP contribution in [0.15, 0.2) is 24.3 Å². The average molecular weight is 265 g/mol. The molecule has 108 valence electrons. The van der Waals surface area contributed by atoms with Crippen LogP contribution in [0, 0.1) is 5.92 Å². The standard InChI is InChI=1S/C16H27NO2/c1-13(2)9-10-17-11-14(3)19-12-15-5-7-16(18-4)8-6-15/h5-8,13-14,17H,9-12H2,1-4H3. The summed E-state index contributed by atoms with van der Waals surface area (Å²) in [7, 11) is 1.68. The first kappa shape index (κ1) is 16.0. The van der Waals surface area contributed by atoms with Crippen molar-refractivity contribution in [2.24, 2.45) is 5.92 Å². The Labute approximate surface area is 117 Å². The van der Waals surface area contributed by atoms with Crippen LogP contribution in [0.2, 0.25) is 0 Å². The van der Waals surface area contributed by atoms with Gasteiger partial charge < -0.3 is 14.8 Å². The van der Waals surface area contributed by atoms with Gasteiger partial charge in [0, 0.05) is 6.54 Å². The van der Waals surface area contributed by atoms with Gasteiger partial charge in [-0.25, -0.2) is 0 Å². The van der Waals surface area contributed by atoms with Gasteiger partial charge >= 0.3 is 0 Å². The fourth-order valence-corrected chi connectivity index (χ4v) is 1.72. The lowest BCUT2D eigenvalue weighted by atomic mass is 10.1. The Hall–Kier alpha value is -1.06. The highest BCUT2D eigenvalue weighted by molar-refractivity contribution is 5.26. The Morgan fingerprint density at radius 3 is 2.37 bits per heavy atom. The molecule has 1 unspecified atom stereocenters. The number of ether oxygens (including phenoxy) is 2. The number of hydrogen-bond acceptors (Lipinski definition) is 3. The van der Waals surface area contributed by atoms with Gasteiger partial charge in [0.25, 0.3) is 0 Å². The molecule has 0 spiro atoms. The fourth-order valence-electron chi connectivity index (χ4n) is 1.72. The highest BCUT2D eigenvalue weighted by Crippen LogP contribution is 2.12. The van der Waals surface area contributed by atoms with E-state index in [-0.39, 0.29) is 6.10 Å². The van der Waals surface area contributed by atoms with Crippen LogP contribution in [-0.2, 0) is 11.3 Å². The van der Waals surface area contributed by atoms with E-state index < -0.39 is 0 Å². The molecule has 1 rings (SSSR count). The monoisotopic (exact) mass is 265 g/mol. The number of rotatable bonds is 9. The van der Waals surface area contributed by atoms with Crippen molar-refractivity contribution in [2.75, 3.05) is 20.2 Å². The molecule has 0 heterocycles. The van der Waals surface area contributed by atoms with Gasteiger partial charge in [0.1, 0.15) is 5.75 Å². The Morgan fingerprint density at radius 1 is 1.11 bits per heavy atom. The van der Waals surface area contributed by atoms with Gasteiger partial charge in [0.15, 0.2) is 0 Å². The van der Waals surface area contributed by atoms with Gasteiger partial charge in [-0.15, -0.1) is 0 Å². The van der Waals surface area contributed by atoms with Crippen LogP contribution >= 0.6 is 0 Å². The first-order valence-corrected chi connectivity index (χ1v) is 7.07. The minimum atomic E-state index is 0.231. The van der Waals surface area contributed by atoms with E-state index >= 15 is 0 Å². The van der Waals surface area contributed by atoms with E-state index in [0.717, 1.165) is 24.8 Å². The molecule has 0 aliphatic heterocycles. The van der Waals surface area contributed by atoms with Gasteiger partial charge in [-0.2, -0.15) is 0 Å². The van der Waals surface area contributed by atoms with Crippen molar-refractivity contribution in [3.05, 3.63) is 29.8 Å². The minimum absolute atomic E-state index is 0.231. The number of benzene rings is 1. The summed E-state index contributed by atoms with van der Waals surface area (Å²) in [5.41, 5.74) is 1.18. The van der Waals surface area contributed by atoms with Crippen molar-refractivity contribution in [1.29, 1.82) is 0 Å². The maximum atomic E-state index is 5.81. The van der Waals surface area contributed by atoms with E-state index in [1.807, 2.05) is 24.3 Å². The number of methoxy groups -OCH3 is 1. The van der Waals surface area contributed by atoms with Crippen molar-refractivity contribution in [2.45, 2.75) is 39.9 Å². The second-order valence-electron chi connectivity index (χ2n) is 5.36. The quantitative estimate of drug-likeness (QED) is 0.695. The summed E-state index contributed by atoms with van der Waals surface area (Å²) in [6, 6.07) is 8.00. The van der Waals surface area contributed by atoms with E-state index in [9.17, 15) is 0 Å². The molecule has 0 aromatic heterocycles. The zero-order valence-corrected chi connectivity index (χ0v) is 12.6. The van der Waals surface area contributed by atoms with Crippen LogP contribution in [-0.4, -0.2) is 26.3 Å². The Morgan fingerprint density at radius 2 is 1.79 bits per heavy atom. The molecule has 0 aliphatic carbocycles. The highest BCUT2D eigenvalue weighted by Gasteiger charge is 2.03. The second-order valence-corrected chi connectivity index (χ2v) is 5.36. The van der Waals surface area contributed by atoms with Crippen molar-refractivity contribution < 1.29 is 9.47 Å². The molecule has 3 heteroatoms. The van der Waals surface area contributed by atoms with E-state index in [4.69, 9.17) is 9.47 Å². The molecule has 0 amide bonds. The minimum Gasteiger partial charge on any atom is -0.497 e. The van der Waals surface area contributed by atoms with Crippen molar-refractivity contribution in [3.8, 4) is 5.75 Å². The molecule has 0 radical (unpaired) electrons. The molecule has 1 atom stereocenters. The predicted octanol–water partition coefficient (Wildman–Crippen LogP) is 3.24. The van der Waals surface area contributed by atoms with Crippen molar-refractivity contribution in [3.63, 3.8) is 0 Å². The number of hydrogen-bond donors (Lipinski definition) is 1. The Bertz CT molecular complexity index is 335. The van der Waals surface area contributed by atoms with Gasteiger partial charge in [-0.3, -0.25) is 0 Å². The molecule has 0 saturated carbocycles. The zero-order chi connectivity index (χ0) is 14.1. The molecule has 0 fully saturated rings. The predicted molar refractivity (Wildman–Crippen MR) is 79.6 cm³/mol. The Balaban J connectivity index is 2.16. The summed E-state index contributed by atoms with van der Waals surface area (Å²) < 4.78 is 10.9.